The highest BCUT2D eigenvalue weighted by Gasteiger charge is 2.11. The Morgan fingerprint density at radius 2 is 2.11 bits per heavy atom. The molecule has 1 heterocycles. The lowest BCUT2D eigenvalue weighted by molar-refractivity contribution is 0.569. The Labute approximate surface area is 123 Å². The predicted octanol–water partition coefficient (Wildman–Crippen LogP) is 3.65. The normalized spacial score (nSPS) is 12.7. The smallest absolute Gasteiger partial charge is 0.0540 e. The van der Waals surface area contributed by atoms with E-state index >= 15 is 0 Å². The van der Waals surface area contributed by atoms with Crippen molar-refractivity contribution in [3.63, 3.8) is 0 Å². The minimum atomic E-state index is 0.293. The fourth-order valence-corrected chi connectivity index (χ4v) is 2.74. The second-order valence-electron chi connectivity index (χ2n) is 5.01. The second kappa shape index (κ2) is 5.88. The summed E-state index contributed by atoms with van der Waals surface area (Å²) in [5.74, 6) is 0. The maximum absolute atomic E-state index is 4.29. The van der Waals surface area contributed by atoms with E-state index in [4.69, 9.17) is 0 Å². The van der Waals surface area contributed by atoms with Gasteiger partial charge in [0.1, 0.15) is 0 Å². The highest BCUT2D eigenvalue weighted by atomic mass is 79.9. The summed E-state index contributed by atoms with van der Waals surface area (Å²) in [7, 11) is 1.97. The summed E-state index contributed by atoms with van der Waals surface area (Å²) in [5.41, 5.74) is 5.01. The standard InChI is InChI=1S/C15H20BrN3/c1-10-5-6-13(15(16)7-10)8-17-11(2)14-9-18-19(4)12(14)3/h5-7,9,11,17H,8H2,1-4H3. The fourth-order valence-electron chi connectivity index (χ4n) is 2.11. The van der Waals surface area contributed by atoms with E-state index in [0.717, 1.165) is 11.0 Å². The molecule has 0 radical (unpaired) electrons. The minimum absolute atomic E-state index is 0.293. The summed E-state index contributed by atoms with van der Waals surface area (Å²) in [5, 5.41) is 7.84. The number of nitrogens with zero attached hydrogens (tertiary/aromatic N) is 2. The highest BCUT2D eigenvalue weighted by Crippen LogP contribution is 2.20. The Kier molecular flexibility index (Phi) is 4.42. The number of halogens is 1. The molecular formula is C15H20BrN3. The van der Waals surface area contributed by atoms with Crippen LogP contribution in [0.25, 0.3) is 0 Å². The number of benzene rings is 1. The van der Waals surface area contributed by atoms with E-state index in [9.17, 15) is 0 Å². The third-order valence-electron chi connectivity index (χ3n) is 3.55. The first-order valence-electron chi connectivity index (χ1n) is 6.46. The Bertz CT molecular complexity index is 575. The van der Waals surface area contributed by atoms with Crippen LogP contribution in [-0.2, 0) is 13.6 Å². The van der Waals surface area contributed by atoms with Crippen molar-refractivity contribution in [3.8, 4) is 0 Å². The molecule has 1 aromatic carbocycles. The zero-order valence-electron chi connectivity index (χ0n) is 11.9. The molecule has 4 heteroatoms. The predicted molar refractivity (Wildman–Crippen MR) is 82.1 cm³/mol. The van der Waals surface area contributed by atoms with Crippen LogP contribution in [0.3, 0.4) is 0 Å². The van der Waals surface area contributed by atoms with Gasteiger partial charge in [-0.15, -0.1) is 0 Å². The molecule has 0 amide bonds. The maximum atomic E-state index is 4.29. The molecule has 0 saturated carbocycles. The van der Waals surface area contributed by atoms with E-state index in [0.29, 0.717) is 6.04 Å². The van der Waals surface area contributed by atoms with Crippen LogP contribution in [0.15, 0.2) is 28.9 Å². The summed E-state index contributed by atoms with van der Waals surface area (Å²) in [6.45, 7) is 7.22. The molecule has 1 aromatic heterocycles. The van der Waals surface area contributed by atoms with Gasteiger partial charge in [0.25, 0.3) is 0 Å². The average molecular weight is 322 g/mol. The van der Waals surface area contributed by atoms with E-state index < -0.39 is 0 Å². The van der Waals surface area contributed by atoms with Gasteiger partial charge >= 0.3 is 0 Å². The van der Waals surface area contributed by atoms with Crippen molar-refractivity contribution in [2.45, 2.75) is 33.4 Å². The molecule has 0 aliphatic rings. The number of hydrogen-bond donors (Lipinski definition) is 1. The first kappa shape index (κ1) is 14.3. The zero-order chi connectivity index (χ0) is 14.0. The Balaban J connectivity index is 2.04. The molecule has 0 spiro atoms. The molecule has 0 aliphatic carbocycles. The summed E-state index contributed by atoms with van der Waals surface area (Å²) in [6, 6.07) is 6.75. The van der Waals surface area contributed by atoms with Crippen molar-refractivity contribution in [3.05, 3.63) is 51.3 Å². The van der Waals surface area contributed by atoms with Gasteiger partial charge in [-0.1, -0.05) is 28.1 Å². The number of aromatic nitrogens is 2. The third-order valence-corrected chi connectivity index (χ3v) is 4.29. The molecule has 0 saturated heterocycles. The van der Waals surface area contributed by atoms with Crippen molar-refractivity contribution in [1.29, 1.82) is 0 Å². The highest BCUT2D eigenvalue weighted by molar-refractivity contribution is 9.10. The lowest BCUT2D eigenvalue weighted by atomic mass is 10.1. The number of aryl methyl sites for hydroxylation is 2. The molecule has 0 bridgehead atoms. The van der Waals surface area contributed by atoms with E-state index in [1.807, 2.05) is 17.9 Å². The van der Waals surface area contributed by atoms with Crippen LogP contribution in [0, 0.1) is 13.8 Å². The Hall–Kier alpha value is -1.13. The van der Waals surface area contributed by atoms with Gasteiger partial charge < -0.3 is 5.32 Å². The largest absolute Gasteiger partial charge is 0.306 e. The van der Waals surface area contributed by atoms with Crippen LogP contribution < -0.4 is 5.32 Å². The van der Waals surface area contributed by atoms with Crippen molar-refractivity contribution in [2.24, 2.45) is 7.05 Å². The van der Waals surface area contributed by atoms with Gasteiger partial charge in [-0.25, -0.2) is 0 Å². The number of nitrogens with one attached hydrogen (secondary N) is 1. The average Bonchev–Trinajstić information content (AvgIpc) is 2.69. The van der Waals surface area contributed by atoms with Crippen LogP contribution in [0.4, 0.5) is 0 Å². The number of hydrogen-bond acceptors (Lipinski definition) is 2. The first-order valence-corrected chi connectivity index (χ1v) is 7.25. The van der Waals surface area contributed by atoms with Crippen LogP contribution in [0.5, 0.6) is 0 Å². The SMILES string of the molecule is Cc1ccc(CNC(C)c2cnn(C)c2C)c(Br)c1. The van der Waals surface area contributed by atoms with E-state index in [2.05, 4.69) is 65.3 Å². The zero-order valence-corrected chi connectivity index (χ0v) is 13.5. The van der Waals surface area contributed by atoms with Crippen LogP contribution in [0.2, 0.25) is 0 Å². The van der Waals surface area contributed by atoms with Crippen molar-refractivity contribution < 1.29 is 0 Å². The summed E-state index contributed by atoms with van der Waals surface area (Å²) < 4.78 is 3.07. The summed E-state index contributed by atoms with van der Waals surface area (Å²) in [6.07, 6.45) is 1.94. The topological polar surface area (TPSA) is 29.9 Å². The van der Waals surface area contributed by atoms with Gasteiger partial charge in [0, 0.05) is 35.4 Å². The molecule has 1 atom stereocenters. The van der Waals surface area contributed by atoms with E-state index in [1.165, 1.54) is 22.4 Å². The maximum Gasteiger partial charge on any atom is 0.0540 e. The van der Waals surface area contributed by atoms with Crippen molar-refractivity contribution in [1.82, 2.24) is 15.1 Å². The molecule has 2 aromatic rings. The van der Waals surface area contributed by atoms with E-state index in [-0.39, 0.29) is 0 Å². The molecule has 2 rings (SSSR count). The monoisotopic (exact) mass is 321 g/mol. The molecular weight excluding hydrogens is 302 g/mol. The third kappa shape index (κ3) is 3.25. The molecule has 19 heavy (non-hydrogen) atoms. The molecule has 102 valence electrons. The van der Waals surface area contributed by atoms with Gasteiger partial charge in [0.05, 0.1) is 6.20 Å². The fraction of sp³-hybridized carbons (Fsp3) is 0.400. The van der Waals surface area contributed by atoms with E-state index in [1.54, 1.807) is 0 Å². The lowest BCUT2D eigenvalue weighted by Crippen LogP contribution is -2.19. The van der Waals surface area contributed by atoms with Gasteiger partial charge in [0.2, 0.25) is 0 Å². The van der Waals surface area contributed by atoms with Gasteiger partial charge in [0.15, 0.2) is 0 Å². The van der Waals surface area contributed by atoms with Gasteiger partial charge in [-0.3, -0.25) is 4.68 Å². The quantitative estimate of drug-likeness (QED) is 0.931. The van der Waals surface area contributed by atoms with Crippen LogP contribution in [-0.4, -0.2) is 9.78 Å². The first-order chi connectivity index (χ1) is 8.99. The molecule has 3 nitrogen and oxygen atoms in total. The Morgan fingerprint density at radius 3 is 2.68 bits per heavy atom. The van der Waals surface area contributed by atoms with Gasteiger partial charge in [-0.2, -0.15) is 5.10 Å². The van der Waals surface area contributed by atoms with Gasteiger partial charge in [-0.05, 0) is 38.0 Å². The molecule has 1 N–H and O–H groups in total. The van der Waals surface area contributed by atoms with Crippen molar-refractivity contribution in [2.75, 3.05) is 0 Å². The Morgan fingerprint density at radius 1 is 1.37 bits per heavy atom. The summed E-state index contributed by atoms with van der Waals surface area (Å²) >= 11 is 3.62. The summed E-state index contributed by atoms with van der Waals surface area (Å²) in [4.78, 5) is 0. The number of rotatable bonds is 4. The van der Waals surface area contributed by atoms with Crippen LogP contribution in [0.1, 0.15) is 35.3 Å². The lowest BCUT2D eigenvalue weighted by Gasteiger charge is -2.14. The van der Waals surface area contributed by atoms with Crippen LogP contribution >= 0.6 is 15.9 Å². The molecule has 0 aliphatic heterocycles. The molecule has 0 fully saturated rings. The van der Waals surface area contributed by atoms with Crippen molar-refractivity contribution >= 4 is 15.9 Å². The second-order valence-corrected chi connectivity index (χ2v) is 5.86. The molecule has 1 unspecified atom stereocenters. The minimum Gasteiger partial charge on any atom is -0.306 e.